The third kappa shape index (κ3) is 4.07. The van der Waals surface area contributed by atoms with Gasteiger partial charge in [-0.2, -0.15) is 10.4 Å². The number of nitrogens with zero attached hydrogens (tertiary/aromatic N) is 3. The molecule has 0 saturated carbocycles. The van der Waals surface area contributed by atoms with E-state index in [0.717, 1.165) is 12.0 Å². The number of pyridine rings is 1. The number of benzene rings is 1. The lowest BCUT2D eigenvalue weighted by Crippen LogP contribution is -2.22. The van der Waals surface area contributed by atoms with Gasteiger partial charge >= 0.3 is 0 Å². The fourth-order valence-electron chi connectivity index (χ4n) is 2.38. The Labute approximate surface area is 146 Å². The van der Waals surface area contributed by atoms with Gasteiger partial charge in [-0.15, -0.1) is 0 Å². The summed E-state index contributed by atoms with van der Waals surface area (Å²) in [5.41, 5.74) is 1.74. The predicted molar refractivity (Wildman–Crippen MR) is 96.7 cm³/mol. The van der Waals surface area contributed by atoms with E-state index >= 15 is 0 Å². The molecule has 25 heavy (non-hydrogen) atoms. The molecule has 0 bridgehead atoms. The van der Waals surface area contributed by atoms with E-state index in [4.69, 9.17) is 14.7 Å². The molecule has 6 nitrogen and oxygen atoms in total. The van der Waals surface area contributed by atoms with Crippen LogP contribution in [-0.4, -0.2) is 24.6 Å². The number of aromatic nitrogens is 1. The fourth-order valence-corrected chi connectivity index (χ4v) is 2.38. The molecule has 0 unspecified atom stereocenters. The zero-order valence-corrected chi connectivity index (χ0v) is 14.9. The predicted octanol–water partition coefficient (Wildman–Crippen LogP) is 3.02. The van der Waals surface area contributed by atoms with Crippen molar-refractivity contribution >= 4 is 6.21 Å². The molecule has 2 aromatic rings. The van der Waals surface area contributed by atoms with Crippen LogP contribution in [0.25, 0.3) is 0 Å². The molecule has 0 N–H and O–H groups in total. The second kappa shape index (κ2) is 8.15. The zero-order valence-electron chi connectivity index (χ0n) is 14.9. The number of hydrogen-bond donors (Lipinski definition) is 0. The van der Waals surface area contributed by atoms with Crippen molar-refractivity contribution in [2.24, 2.45) is 5.10 Å². The second-order valence-electron chi connectivity index (χ2n) is 5.58. The Morgan fingerprint density at radius 1 is 1.28 bits per heavy atom. The standard InChI is InChI=1S/C19H21N3O3/c1-5-8-25-17-7-6-15(10-18(17)24-4)12-21-22-14(3)9-13(2)16(11-20)19(22)23/h6-7,9-10,12H,5,8H2,1-4H3/b21-12-. The number of ether oxygens (including phenoxy) is 2. The number of nitriles is 1. The van der Waals surface area contributed by atoms with Gasteiger partial charge in [0.2, 0.25) is 0 Å². The minimum absolute atomic E-state index is 0.101. The average Bonchev–Trinajstić information content (AvgIpc) is 2.60. The van der Waals surface area contributed by atoms with Gasteiger partial charge in [0.05, 0.1) is 19.9 Å². The molecule has 6 heteroatoms. The van der Waals surface area contributed by atoms with Crippen molar-refractivity contribution in [1.82, 2.24) is 4.68 Å². The summed E-state index contributed by atoms with van der Waals surface area (Å²) < 4.78 is 12.2. The van der Waals surface area contributed by atoms with Gasteiger partial charge < -0.3 is 9.47 Å². The molecule has 0 atom stereocenters. The molecule has 1 aromatic carbocycles. The van der Waals surface area contributed by atoms with Crippen molar-refractivity contribution in [3.8, 4) is 17.6 Å². The summed E-state index contributed by atoms with van der Waals surface area (Å²) in [6.45, 7) is 6.15. The van der Waals surface area contributed by atoms with Crippen molar-refractivity contribution < 1.29 is 9.47 Å². The molecule has 0 aliphatic carbocycles. The molecular weight excluding hydrogens is 318 g/mol. The molecule has 0 amide bonds. The molecule has 2 rings (SSSR count). The zero-order chi connectivity index (χ0) is 18.4. The Morgan fingerprint density at radius 3 is 2.68 bits per heavy atom. The Bertz CT molecular complexity index is 892. The third-order valence-corrected chi connectivity index (χ3v) is 3.64. The maximum absolute atomic E-state index is 12.3. The van der Waals surface area contributed by atoms with Gasteiger partial charge in [-0.05, 0) is 55.7 Å². The first kappa shape index (κ1) is 18.3. The first-order chi connectivity index (χ1) is 12.0. The monoisotopic (exact) mass is 339 g/mol. The minimum atomic E-state index is -0.425. The normalized spacial score (nSPS) is 10.7. The van der Waals surface area contributed by atoms with E-state index in [9.17, 15) is 4.79 Å². The van der Waals surface area contributed by atoms with Crippen LogP contribution in [0.3, 0.4) is 0 Å². The van der Waals surface area contributed by atoms with Gasteiger partial charge in [0, 0.05) is 5.69 Å². The molecular formula is C19H21N3O3. The molecule has 0 aliphatic rings. The summed E-state index contributed by atoms with van der Waals surface area (Å²) in [5.74, 6) is 1.26. The van der Waals surface area contributed by atoms with Crippen molar-refractivity contribution in [2.45, 2.75) is 27.2 Å². The highest BCUT2D eigenvalue weighted by Crippen LogP contribution is 2.27. The summed E-state index contributed by atoms with van der Waals surface area (Å²) in [7, 11) is 1.57. The second-order valence-corrected chi connectivity index (χ2v) is 5.58. The van der Waals surface area contributed by atoms with Crippen LogP contribution in [0.15, 0.2) is 34.2 Å². The number of methoxy groups -OCH3 is 1. The summed E-state index contributed by atoms with van der Waals surface area (Å²) in [6.07, 6.45) is 2.46. The van der Waals surface area contributed by atoms with E-state index in [1.54, 1.807) is 45.4 Å². The van der Waals surface area contributed by atoms with Crippen LogP contribution >= 0.6 is 0 Å². The van der Waals surface area contributed by atoms with Crippen molar-refractivity contribution in [3.05, 3.63) is 57.0 Å². The number of hydrogen-bond acceptors (Lipinski definition) is 5. The van der Waals surface area contributed by atoms with Crippen LogP contribution in [0, 0.1) is 25.2 Å². The molecule has 0 spiro atoms. The van der Waals surface area contributed by atoms with E-state index < -0.39 is 5.56 Å². The minimum Gasteiger partial charge on any atom is -0.493 e. The molecule has 0 saturated heterocycles. The summed E-state index contributed by atoms with van der Waals surface area (Å²) in [5, 5.41) is 13.3. The van der Waals surface area contributed by atoms with Crippen LogP contribution in [0.1, 0.15) is 35.7 Å². The lowest BCUT2D eigenvalue weighted by Gasteiger charge is -2.10. The smallest absolute Gasteiger partial charge is 0.289 e. The summed E-state index contributed by atoms with van der Waals surface area (Å²) in [6, 6.07) is 9.12. The van der Waals surface area contributed by atoms with Gasteiger partial charge in [-0.3, -0.25) is 4.79 Å². The van der Waals surface area contributed by atoms with Crippen LogP contribution < -0.4 is 15.0 Å². The highest BCUT2D eigenvalue weighted by molar-refractivity contribution is 5.80. The van der Waals surface area contributed by atoms with Gasteiger partial charge in [-0.1, -0.05) is 6.92 Å². The summed E-state index contributed by atoms with van der Waals surface area (Å²) >= 11 is 0. The topological polar surface area (TPSA) is 76.6 Å². The van der Waals surface area contributed by atoms with E-state index in [0.29, 0.717) is 29.4 Å². The number of aryl methyl sites for hydroxylation is 2. The summed E-state index contributed by atoms with van der Waals surface area (Å²) in [4.78, 5) is 12.3. The first-order valence-electron chi connectivity index (χ1n) is 8.00. The van der Waals surface area contributed by atoms with Crippen LogP contribution in [-0.2, 0) is 0 Å². The van der Waals surface area contributed by atoms with Gasteiger partial charge in [0.25, 0.3) is 5.56 Å². The van der Waals surface area contributed by atoms with Crippen LogP contribution in [0.4, 0.5) is 0 Å². The molecule has 130 valence electrons. The Balaban J connectivity index is 2.37. The molecule has 1 heterocycles. The highest BCUT2D eigenvalue weighted by Gasteiger charge is 2.09. The fraction of sp³-hybridized carbons (Fsp3) is 0.316. The Kier molecular flexibility index (Phi) is 5.96. The van der Waals surface area contributed by atoms with Gasteiger partial charge in [0.1, 0.15) is 11.6 Å². The SMILES string of the molecule is CCCOc1ccc(/C=N\n2c(C)cc(C)c(C#N)c2=O)cc1OC. The molecule has 0 aliphatic heterocycles. The maximum Gasteiger partial charge on any atom is 0.289 e. The van der Waals surface area contributed by atoms with Crippen molar-refractivity contribution in [3.63, 3.8) is 0 Å². The van der Waals surface area contributed by atoms with E-state index in [1.807, 2.05) is 19.1 Å². The van der Waals surface area contributed by atoms with Crippen LogP contribution in [0.5, 0.6) is 11.5 Å². The molecule has 0 fully saturated rings. The highest BCUT2D eigenvalue weighted by atomic mass is 16.5. The molecule has 1 aromatic heterocycles. The third-order valence-electron chi connectivity index (χ3n) is 3.64. The van der Waals surface area contributed by atoms with Gasteiger partial charge in [0.15, 0.2) is 11.5 Å². The van der Waals surface area contributed by atoms with E-state index in [-0.39, 0.29) is 5.56 Å². The van der Waals surface area contributed by atoms with Gasteiger partial charge in [-0.25, -0.2) is 4.68 Å². The Morgan fingerprint density at radius 2 is 2.04 bits per heavy atom. The quantitative estimate of drug-likeness (QED) is 0.758. The lowest BCUT2D eigenvalue weighted by molar-refractivity contribution is 0.294. The average molecular weight is 339 g/mol. The van der Waals surface area contributed by atoms with Crippen LogP contribution in [0.2, 0.25) is 0 Å². The Hall–Kier alpha value is -3.07. The number of rotatable bonds is 6. The van der Waals surface area contributed by atoms with E-state index in [1.165, 1.54) is 4.68 Å². The first-order valence-corrected chi connectivity index (χ1v) is 8.00. The largest absolute Gasteiger partial charge is 0.493 e. The lowest BCUT2D eigenvalue weighted by atomic mass is 10.1. The van der Waals surface area contributed by atoms with Crippen molar-refractivity contribution in [1.29, 1.82) is 5.26 Å². The molecule has 0 radical (unpaired) electrons. The van der Waals surface area contributed by atoms with E-state index in [2.05, 4.69) is 5.10 Å². The maximum atomic E-state index is 12.3. The van der Waals surface area contributed by atoms with Crippen molar-refractivity contribution in [2.75, 3.05) is 13.7 Å².